The van der Waals surface area contributed by atoms with Gasteiger partial charge in [-0.2, -0.15) is 0 Å². The summed E-state index contributed by atoms with van der Waals surface area (Å²) in [5.41, 5.74) is 0.622. The van der Waals surface area contributed by atoms with E-state index in [2.05, 4.69) is 0 Å². The number of halogens is 1. The van der Waals surface area contributed by atoms with Crippen molar-refractivity contribution in [1.29, 1.82) is 0 Å². The maximum atomic E-state index is 11.9. The first-order valence-electron chi connectivity index (χ1n) is 6.34. The van der Waals surface area contributed by atoms with Crippen molar-refractivity contribution < 1.29 is 14.7 Å². The fourth-order valence-corrected chi connectivity index (χ4v) is 1.97. The number of hydrogen-bond donors (Lipinski definition) is 1. The minimum absolute atomic E-state index is 0.0882. The molecule has 110 valence electrons. The number of likely N-dealkylation sites (N-methyl/N-ethyl adjacent to an activating group) is 1. The monoisotopic (exact) mass is 298 g/mol. The summed E-state index contributed by atoms with van der Waals surface area (Å²) in [6.07, 6.45) is 0.798. The third-order valence-corrected chi connectivity index (χ3v) is 3.08. The first kappa shape index (κ1) is 16.3. The van der Waals surface area contributed by atoms with Gasteiger partial charge in [0.25, 0.3) is 0 Å². The number of carboxylic acids is 1. The average Bonchev–Trinajstić information content (AvgIpc) is 2.37. The van der Waals surface area contributed by atoms with Crippen molar-refractivity contribution in [2.24, 2.45) is 0 Å². The lowest BCUT2D eigenvalue weighted by Gasteiger charge is -2.26. The van der Waals surface area contributed by atoms with Crippen LogP contribution in [0.4, 0.5) is 5.69 Å². The zero-order valence-electron chi connectivity index (χ0n) is 11.9. The summed E-state index contributed by atoms with van der Waals surface area (Å²) in [5.74, 6) is -1.12. The predicted octanol–water partition coefficient (Wildman–Crippen LogP) is 2.34. The van der Waals surface area contributed by atoms with E-state index in [0.717, 1.165) is 6.42 Å². The van der Waals surface area contributed by atoms with Crippen LogP contribution in [-0.4, -0.2) is 49.1 Å². The lowest BCUT2D eigenvalue weighted by atomic mass is 10.1. The molecule has 0 heterocycles. The van der Waals surface area contributed by atoms with Crippen LogP contribution < -0.4 is 4.90 Å². The van der Waals surface area contributed by atoms with Crippen molar-refractivity contribution in [1.82, 2.24) is 4.90 Å². The van der Waals surface area contributed by atoms with Crippen LogP contribution in [0.2, 0.25) is 5.02 Å². The van der Waals surface area contributed by atoms with E-state index in [1.54, 1.807) is 25.1 Å². The lowest BCUT2D eigenvalue weighted by molar-refractivity contribution is -0.127. The Morgan fingerprint density at radius 1 is 1.30 bits per heavy atom. The summed E-state index contributed by atoms with van der Waals surface area (Å²) in [4.78, 5) is 26.4. The second kappa shape index (κ2) is 7.14. The lowest BCUT2D eigenvalue weighted by Crippen LogP contribution is -2.37. The molecule has 1 amide bonds. The molecule has 1 aromatic rings. The second-order valence-corrected chi connectivity index (χ2v) is 5.11. The number of rotatable bonds is 6. The molecule has 0 saturated heterocycles. The van der Waals surface area contributed by atoms with Crippen molar-refractivity contribution in [2.75, 3.05) is 32.1 Å². The Kier molecular flexibility index (Phi) is 5.82. The van der Waals surface area contributed by atoms with Gasteiger partial charge >= 0.3 is 5.97 Å². The van der Waals surface area contributed by atoms with Gasteiger partial charge in [-0.05, 0) is 24.6 Å². The summed E-state index contributed by atoms with van der Waals surface area (Å²) in [6.45, 7) is 2.68. The Morgan fingerprint density at radius 3 is 2.45 bits per heavy atom. The predicted molar refractivity (Wildman–Crippen MR) is 79.6 cm³/mol. The van der Waals surface area contributed by atoms with Gasteiger partial charge in [-0.15, -0.1) is 0 Å². The minimum Gasteiger partial charge on any atom is -0.478 e. The van der Waals surface area contributed by atoms with Crippen molar-refractivity contribution >= 4 is 29.2 Å². The Balaban J connectivity index is 3.16. The van der Waals surface area contributed by atoms with E-state index in [-0.39, 0.29) is 18.0 Å². The number of amides is 1. The van der Waals surface area contributed by atoms with Crippen molar-refractivity contribution in [3.63, 3.8) is 0 Å². The summed E-state index contributed by atoms with van der Waals surface area (Å²) in [6, 6.07) is 4.58. The highest BCUT2D eigenvalue weighted by Gasteiger charge is 2.19. The molecule has 1 rings (SSSR count). The maximum absolute atomic E-state index is 11.9. The normalized spacial score (nSPS) is 10.2. The highest BCUT2D eigenvalue weighted by atomic mass is 35.5. The third-order valence-electron chi connectivity index (χ3n) is 2.85. The van der Waals surface area contributed by atoms with E-state index < -0.39 is 5.97 Å². The van der Waals surface area contributed by atoms with Crippen LogP contribution in [0.15, 0.2) is 18.2 Å². The highest BCUT2D eigenvalue weighted by Crippen LogP contribution is 2.25. The van der Waals surface area contributed by atoms with Crippen molar-refractivity contribution in [3.8, 4) is 0 Å². The van der Waals surface area contributed by atoms with Crippen LogP contribution >= 0.6 is 11.6 Å². The summed E-state index contributed by atoms with van der Waals surface area (Å²) >= 11 is 5.95. The smallest absolute Gasteiger partial charge is 0.337 e. The Morgan fingerprint density at radius 2 is 1.95 bits per heavy atom. The van der Waals surface area contributed by atoms with Crippen LogP contribution in [0, 0.1) is 0 Å². The molecule has 0 aliphatic rings. The molecule has 1 N–H and O–H groups in total. The fourth-order valence-electron chi connectivity index (χ4n) is 1.81. The fraction of sp³-hybridized carbons (Fsp3) is 0.429. The van der Waals surface area contributed by atoms with Gasteiger partial charge in [-0.25, -0.2) is 4.79 Å². The molecule has 5 nitrogen and oxygen atoms in total. The molecular weight excluding hydrogens is 280 g/mol. The topological polar surface area (TPSA) is 60.9 Å². The quantitative estimate of drug-likeness (QED) is 0.876. The number of carboxylic acid groups (broad SMARTS) is 1. The minimum atomic E-state index is -1.03. The van der Waals surface area contributed by atoms with Gasteiger partial charge in [0.1, 0.15) is 0 Å². The van der Waals surface area contributed by atoms with Gasteiger partial charge in [-0.3, -0.25) is 4.79 Å². The molecular formula is C14H19ClN2O3. The number of benzene rings is 1. The van der Waals surface area contributed by atoms with E-state index in [4.69, 9.17) is 11.6 Å². The zero-order valence-corrected chi connectivity index (χ0v) is 12.6. The number of nitrogens with zero attached hydrogens (tertiary/aromatic N) is 2. The highest BCUT2D eigenvalue weighted by molar-refractivity contribution is 6.31. The zero-order chi connectivity index (χ0) is 15.3. The van der Waals surface area contributed by atoms with Gasteiger partial charge in [0, 0.05) is 25.7 Å². The Hall–Kier alpha value is -1.75. The number of hydrogen-bond acceptors (Lipinski definition) is 3. The maximum Gasteiger partial charge on any atom is 0.337 e. The molecule has 0 aliphatic heterocycles. The van der Waals surface area contributed by atoms with Crippen LogP contribution in [0.1, 0.15) is 23.7 Å². The van der Waals surface area contributed by atoms with Crippen molar-refractivity contribution in [3.05, 3.63) is 28.8 Å². The first-order valence-corrected chi connectivity index (χ1v) is 6.72. The van der Waals surface area contributed by atoms with E-state index >= 15 is 0 Å². The van der Waals surface area contributed by atoms with Crippen LogP contribution in [0.5, 0.6) is 0 Å². The molecule has 0 saturated carbocycles. The molecule has 0 aromatic heterocycles. The Bertz CT molecular complexity index is 503. The van der Waals surface area contributed by atoms with E-state index in [1.807, 2.05) is 6.92 Å². The number of carbonyl (C=O) groups is 2. The van der Waals surface area contributed by atoms with Crippen molar-refractivity contribution in [2.45, 2.75) is 13.3 Å². The summed E-state index contributed by atoms with van der Waals surface area (Å²) in [5, 5.41) is 9.70. The molecule has 6 heteroatoms. The standard InChI is InChI=1S/C14H19ClN2O3/c1-4-7-17(9-13(18)16(2)3)12-8-10(15)5-6-11(12)14(19)20/h5-6,8H,4,7,9H2,1-3H3,(H,19,20). The van der Waals surface area contributed by atoms with Crippen LogP contribution in [-0.2, 0) is 4.79 Å². The Labute approximate surface area is 123 Å². The molecule has 0 radical (unpaired) electrons. The molecule has 20 heavy (non-hydrogen) atoms. The second-order valence-electron chi connectivity index (χ2n) is 4.68. The molecule has 0 bridgehead atoms. The van der Waals surface area contributed by atoms with Crippen LogP contribution in [0.25, 0.3) is 0 Å². The molecule has 0 aliphatic carbocycles. The summed E-state index contributed by atoms with van der Waals surface area (Å²) < 4.78 is 0. The molecule has 0 unspecified atom stereocenters. The largest absolute Gasteiger partial charge is 0.478 e. The van der Waals surface area contributed by atoms with Gasteiger partial charge in [0.15, 0.2) is 0 Å². The van der Waals surface area contributed by atoms with Gasteiger partial charge in [-0.1, -0.05) is 18.5 Å². The van der Waals surface area contributed by atoms with Gasteiger partial charge in [0.2, 0.25) is 5.91 Å². The van der Waals surface area contributed by atoms with Crippen LogP contribution in [0.3, 0.4) is 0 Å². The number of aromatic carboxylic acids is 1. The first-order chi connectivity index (χ1) is 9.36. The van der Waals surface area contributed by atoms with E-state index in [0.29, 0.717) is 17.3 Å². The van der Waals surface area contributed by atoms with E-state index in [1.165, 1.54) is 17.0 Å². The van der Waals surface area contributed by atoms with Gasteiger partial charge < -0.3 is 14.9 Å². The number of carbonyl (C=O) groups excluding carboxylic acids is 1. The summed E-state index contributed by atoms with van der Waals surface area (Å²) in [7, 11) is 3.34. The SMILES string of the molecule is CCCN(CC(=O)N(C)C)c1cc(Cl)ccc1C(=O)O. The van der Waals surface area contributed by atoms with Gasteiger partial charge in [0.05, 0.1) is 17.8 Å². The molecule has 0 fully saturated rings. The van der Waals surface area contributed by atoms with E-state index in [9.17, 15) is 14.7 Å². The molecule has 0 spiro atoms. The molecule has 0 atom stereocenters. The average molecular weight is 299 g/mol. The molecule has 1 aromatic carbocycles. The third kappa shape index (κ3) is 4.13. The number of anilines is 1.